The van der Waals surface area contributed by atoms with E-state index < -0.39 is 0 Å². The minimum absolute atomic E-state index is 0.441. The standard InChI is InChI=1S/C11H18ClN/c1-4-5-11(8-10(3)12)9(2)6-7-13/h4-5,8-9H,1,6-7,13H2,2-3H3/b10-8+,11-5+. The van der Waals surface area contributed by atoms with Gasteiger partial charge in [-0.25, -0.2) is 0 Å². The number of nitrogens with two attached hydrogens (primary N) is 1. The van der Waals surface area contributed by atoms with Crippen molar-refractivity contribution in [3.63, 3.8) is 0 Å². The lowest BCUT2D eigenvalue weighted by molar-refractivity contribution is 0.635. The van der Waals surface area contributed by atoms with Gasteiger partial charge < -0.3 is 5.73 Å². The Balaban J connectivity index is 4.51. The van der Waals surface area contributed by atoms with Crippen LogP contribution < -0.4 is 5.73 Å². The molecule has 0 radical (unpaired) electrons. The zero-order chi connectivity index (χ0) is 10.3. The molecule has 1 atom stereocenters. The molecule has 2 heteroatoms. The van der Waals surface area contributed by atoms with Crippen LogP contribution in [0.4, 0.5) is 0 Å². The highest BCUT2D eigenvalue weighted by molar-refractivity contribution is 6.29. The van der Waals surface area contributed by atoms with Gasteiger partial charge in [0.1, 0.15) is 0 Å². The molecule has 0 spiro atoms. The van der Waals surface area contributed by atoms with E-state index in [1.807, 2.05) is 19.1 Å². The third-order valence-electron chi connectivity index (χ3n) is 1.84. The first kappa shape index (κ1) is 12.5. The molecule has 0 amide bonds. The molecule has 0 bridgehead atoms. The fraction of sp³-hybridized carbons (Fsp3) is 0.455. The van der Waals surface area contributed by atoms with Gasteiger partial charge in [0.2, 0.25) is 0 Å². The Morgan fingerprint density at radius 1 is 1.62 bits per heavy atom. The molecule has 0 aromatic heterocycles. The van der Waals surface area contributed by atoms with E-state index in [0.717, 1.165) is 11.5 Å². The summed E-state index contributed by atoms with van der Waals surface area (Å²) in [5.41, 5.74) is 6.68. The van der Waals surface area contributed by atoms with E-state index in [-0.39, 0.29) is 0 Å². The quantitative estimate of drug-likeness (QED) is 0.676. The summed E-state index contributed by atoms with van der Waals surface area (Å²) in [5, 5.41) is 0.789. The van der Waals surface area contributed by atoms with Crippen LogP contribution in [-0.2, 0) is 0 Å². The Morgan fingerprint density at radius 2 is 2.23 bits per heavy atom. The zero-order valence-corrected chi connectivity index (χ0v) is 9.14. The van der Waals surface area contributed by atoms with Gasteiger partial charge in [-0.2, -0.15) is 0 Å². The van der Waals surface area contributed by atoms with Crippen molar-refractivity contribution >= 4 is 11.6 Å². The molecular weight excluding hydrogens is 182 g/mol. The molecule has 0 saturated carbocycles. The maximum Gasteiger partial charge on any atom is 0.0152 e. The number of hydrogen-bond acceptors (Lipinski definition) is 1. The molecule has 1 unspecified atom stereocenters. The van der Waals surface area contributed by atoms with E-state index in [1.54, 1.807) is 6.08 Å². The highest BCUT2D eigenvalue weighted by Gasteiger charge is 2.04. The highest BCUT2D eigenvalue weighted by atomic mass is 35.5. The number of halogens is 1. The number of rotatable bonds is 5. The molecule has 0 aliphatic heterocycles. The van der Waals surface area contributed by atoms with E-state index in [2.05, 4.69) is 13.5 Å². The molecule has 0 aromatic carbocycles. The van der Waals surface area contributed by atoms with E-state index in [9.17, 15) is 0 Å². The summed E-state index contributed by atoms with van der Waals surface area (Å²) in [6, 6.07) is 0. The SMILES string of the molecule is C=C/C=C(\C=C(/C)Cl)C(C)CCN. The number of hydrogen-bond donors (Lipinski definition) is 1. The summed E-state index contributed by atoms with van der Waals surface area (Å²) in [7, 11) is 0. The smallest absolute Gasteiger partial charge is 0.0152 e. The Kier molecular flexibility index (Phi) is 6.65. The summed E-state index contributed by atoms with van der Waals surface area (Å²) in [6.07, 6.45) is 6.69. The summed E-state index contributed by atoms with van der Waals surface area (Å²) in [4.78, 5) is 0. The Hall–Kier alpha value is -0.530. The van der Waals surface area contributed by atoms with Crippen molar-refractivity contribution in [1.29, 1.82) is 0 Å². The predicted octanol–water partition coefficient (Wildman–Crippen LogP) is 3.23. The maximum atomic E-state index is 5.81. The van der Waals surface area contributed by atoms with Crippen molar-refractivity contribution in [2.24, 2.45) is 11.7 Å². The van der Waals surface area contributed by atoms with Crippen LogP contribution in [0, 0.1) is 5.92 Å². The third-order valence-corrected chi connectivity index (χ3v) is 1.95. The van der Waals surface area contributed by atoms with Gasteiger partial charge in [-0.3, -0.25) is 0 Å². The zero-order valence-electron chi connectivity index (χ0n) is 8.39. The van der Waals surface area contributed by atoms with Gasteiger partial charge in [0.05, 0.1) is 0 Å². The average molecular weight is 200 g/mol. The van der Waals surface area contributed by atoms with Crippen LogP contribution in [0.1, 0.15) is 20.3 Å². The van der Waals surface area contributed by atoms with Gasteiger partial charge in [0.15, 0.2) is 0 Å². The third kappa shape index (κ3) is 5.67. The van der Waals surface area contributed by atoms with Crippen LogP contribution in [0.15, 0.2) is 35.4 Å². The summed E-state index contributed by atoms with van der Waals surface area (Å²) in [5.74, 6) is 0.441. The highest BCUT2D eigenvalue weighted by Crippen LogP contribution is 2.18. The molecule has 0 aliphatic carbocycles. The Bertz CT molecular complexity index is 212. The molecule has 1 nitrogen and oxygen atoms in total. The topological polar surface area (TPSA) is 26.0 Å². The van der Waals surface area contributed by atoms with E-state index in [0.29, 0.717) is 12.5 Å². The van der Waals surface area contributed by atoms with Crippen molar-refractivity contribution in [3.05, 3.63) is 35.4 Å². The van der Waals surface area contributed by atoms with Gasteiger partial charge in [-0.15, -0.1) is 0 Å². The maximum absolute atomic E-state index is 5.81. The van der Waals surface area contributed by atoms with Gasteiger partial charge in [-0.1, -0.05) is 37.3 Å². The van der Waals surface area contributed by atoms with Gasteiger partial charge in [0.25, 0.3) is 0 Å². The minimum atomic E-state index is 0.441. The first-order valence-electron chi connectivity index (χ1n) is 4.48. The van der Waals surface area contributed by atoms with Crippen LogP contribution in [0.25, 0.3) is 0 Å². The van der Waals surface area contributed by atoms with Crippen molar-refractivity contribution in [2.45, 2.75) is 20.3 Å². The van der Waals surface area contributed by atoms with Crippen molar-refractivity contribution in [1.82, 2.24) is 0 Å². The van der Waals surface area contributed by atoms with E-state index in [1.165, 1.54) is 5.57 Å². The Morgan fingerprint density at radius 3 is 2.62 bits per heavy atom. The molecular formula is C11H18ClN. The average Bonchev–Trinajstić information content (AvgIpc) is 2.03. The summed E-state index contributed by atoms with van der Waals surface area (Å²) >= 11 is 5.81. The molecule has 0 fully saturated rings. The molecule has 0 heterocycles. The van der Waals surface area contributed by atoms with Gasteiger partial charge >= 0.3 is 0 Å². The van der Waals surface area contributed by atoms with Crippen molar-refractivity contribution in [2.75, 3.05) is 6.54 Å². The second kappa shape index (κ2) is 6.93. The van der Waals surface area contributed by atoms with Crippen LogP contribution in [-0.4, -0.2) is 6.54 Å². The molecule has 74 valence electrons. The summed E-state index contributed by atoms with van der Waals surface area (Å²) in [6.45, 7) is 8.38. The molecule has 0 rings (SSSR count). The largest absolute Gasteiger partial charge is 0.330 e. The number of allylic oxidation sites excluding steroid dienone is 5. The Labute approximate surface area is 86.0 Å². The first-order chi connectivity index (χ1) is 6.11. The van der Waals surface area contributed by atoms with E-state index >= 15 is 0 Å². The van der Waals surface area contributed by atoms with Crippen LogP contribution >= 0.6 is 11.6 Å². The molecule has 0 aromatic rings. The molecule has 13 heavy (non-hydrogen) atoms. The molecule has 0 aliphatic rings. The van der Waals surface area contributed by atoms with Crippen LogP contribution in [0.3, 0.4) is 0 Å². The lowest BCUT2D eigenvalue weighted by Gasteiger charge is -2.11. The van der Waals surface area contributed by atoms with Crippen molar-refractivity contribution in [3.8, 4) is 0 Å². The van der Waals surface area contributed by atoms with Crippen molar-refractivity contribution < 1.29 is 0 Å². The second-order valence-electron chi connectivity index (χ2n) is 3.11. The lowest BCUT2D eigenvalue weighted by atomic mass is 9.97. The fourth-order valence-electron chi connectivity index (χ4n) is 1.14. The second-order valence-corrected chi connectivity index (χ2v) is 3.71. The first-order valence-corrected chi connectivity index (χ1v) is 4.86. The summed E-state index contributed by atoms with van der Waals surface area (Å²) < 4.78 is 0. The van der Waals surface area contributed by atoms with Gasteiger partial charge in [-0.05, 0) is 37.5 Å². The minimum Gasteiger partial charge on any atom is -0.330 e. The monoisotopic (exact) mass is 199 g/mol. The van der Waals surface area contributed by atoms with Gasteiger partial charge in [0, 0.05) is 5.03 Å². The van der Waals surface area contributed by atoms with Crippen LogP contribution in [0.2, 0.25) is 0 Å². The normalized spacial score (nSPS) is 15.7. The fourth-order valence-corrected chi connectivity index (χ4v) is 1.26. The molecule has 0 saturated heterocycles. The predicted molar refractivity (Wildman–Crippen MR) is 60.7 cm³/mol. The lowest BCUT2D eigenvalue weighted by Crippen LogP contribution is -2.07. The molecule has 2 N–H and O–H groups in total. The van der Waals surface area contributed by atoms with E-state index in [4.69, 9.17) is 17.3 Å². The van der Waals surface area contributed by atoms with Crippen LogP contribution in [0.5, 0.6) is 0 Å².